The van der Waals surface area contributed by atoms with Gasteiger partial charge in [0, 0.05) is 6.42 Å². The topological polar surface area (TPSA) is 60.2 Å². The molecule has 0 unspecified atom stereocenters. The smallest absolute Gasteiger partial charge is 0.223 e. The number of alkyl halides is 2. The number of sulfonamides is 1. The van der Waals surface area contributed by atoms with Crippen molar-refractivity contribution in [2.45, 2.75) is 25.0 Å². The van der Waals surface area contributed by atoms with Crippen LogP contribution in [-0.4, -0.2) is 13.7 Å². The second kappa shape index (κ2) is 2.79. The van der Waals surface area contributed by atoms with Crippen LogP contribution in [0.1, 0.15) is 19.8 Å². The summed E-state index contributed by atoms with van der Waals surface area (Å²) in [5.74, 6) is 0. The maximum atomic E-state index is 12.2. The van der Waals surface area contributed by atoms with Crippen LogP contribution in [0.5, 0.6) is 0 Å². The molecule has 0 aromatic carbocycles. The predicted molar refractivity (Wildman–Crippen MR) is 33.0 cm³/mol. The van der Waals surface area contributed by atoms with Crippen molar-refractivity contribution in [3.05, 3.63) is 0 Å². The van der Waals surface area contributed by atoms with Crippen LogP contribution in [-0.2, 0) is 10.0 Å². The Kier molecular flexibility index (Phi) is 2.73. The zero-order valence-corrected chi connectivity index (χ0v) is 6.29. The van der Waals surface area contributed by atoms with Gasteiger partial charge in [-0.3, -0.25) is 0 Å². The lowest BCUT2D eigenvalue weighted by Gasteiger charge is -2.11. The van der Waals surface area contributed by atoms with E-state index in [0.29, 0.717) is 0 Å². The lowest BCUT2D eigenvalue weighted by atomic mass is 10.3. The minimum Gasteiger partial charge on any atom is -0.223 e. The fourth-order valence-electron chi connectivity index (χ4n) is 0.433. The Morgan fingerprint density at radius 1 is 1.50 bits per heavy atom. The van der Waals surface area contributed by atoms with E-state index >= 15 is 0 Å². The van der Waals surface area contributed by atoms with E-state index in [9.17, 15) is 17.2 Å². The molecular formula is C4H9F2NO2S. The Hall–Kier alpha value is -0.230. The normalized spacial score (nSPS) is 13.6. The molecule has 0 rings (SSSR count). The van der Waals surface area contributed by atoms with E-state index in [4.69, 9.17) is 0 Å². The van der Waals surface area contributed by atoms with Gasteiger partial charge in [0.2, 0.25) is 0 Å². The van der Waals surface area contributed by atoms with Gasteiger partial charge >= 0.3 is 5.25 Å². The third kappa shape index (κ3) is 2.18. The zero-order chi connectivity index (χ0) is 8.41. The largest absolute Gasteiger partial charge is 0.359 e. The first kappa shape index (κ1) is 9.77. The average Bonchev–Trinajstić information content (AvgIpc) is 1.61. The van der Waals surface area contributed by atoms with Crippen molar-refractivity contribution in [1.29, 1.82) is 0 Å². The summed E-state index contributed by atoms with van der Waals surface area (Å²) >= 11 is 0. The van der Waals surface area contributed by atoms with E-state index in [2.05, 4.69) is 5.14 Å². The highest BCUT2D eigenvalue weighted by Crippen LogP contribution is 2.24. The SMILES string of the molecule is CCCC(F)(F)S(N)(=O)=O. The van der Waals surface area contributed by atoms with Crippen LogP contribution in [0.4, 0.5) is 8.78 Å². The second-order valence-corrected chi connectivity index (χ2v) is 3.62. The number of hydrogen-bond donors (Lipinski definition) is 1. The molecule has 62 valence electrons. The molecule has 0 amide bonds. The summed E-state index contributed by atoms with van der Waals surface area (Å²) in [5, 5.41) is 0.459. The molecule has 0 saturated carbocycles. The monoisotopic (exact) mass is 173 g/mol. The van der Waals surface area contributed by atoms with E-state index in [1.165, 1.54) is 6.92 Å². The van der Waals surface area contributed by atoms with Crippen LogP contribution in [0.2, 0.25) is 0 Å². The molecule has 0 saturated heterocycles. The zero-order valence-electron chi connectivity index (χ0n) is 5.47. The van der Waals surface area contributed by atoms with Gasteiger partial charge in [-0.25, -0.2) is 13.6 Å². The van der Waals surface area contributed by atoms with Crippen molar-refractivity contribution < 1.29 is 17.2 Å². The molecule has 0 aliphatic carbocycles. The third-order valence-corrected chi connectivity index (χ3v) is 1.99. The molecule has 0 bridgehead atoms. The fourth-order valence-corrected chi connectivity index (χ4v) is 0.922. The van der Waals surface area contributed by atoms with Crippen molar-refractivity contribution in [3.63, 3.8) is 0 Å². The quantitative estimate of drug-likeness (QED) is 0.681. The second-order valence-electron chi connectivity index (χ2n) is 1.93. The Morgan fingerprint density at radius 2 is 1.90 bits per heavy atom. The van der Waals surface area contributed by atoms with Crippen LogP contribution in [0, 0.1) is 0 Å². The highest BCUT2D eigenvalue weighted by atomic mass is 32.2. The Labute approximate surface area is 58.3 Å². The van der Waals surface area contributed by atoms with Crippen molar-refractivity contribution in [2.75, 3.05) is 0 Å². The Balaban J connectivity index is 4.42. The summed E-state index contributed by atoms with van der Waals surface area (Å²) in [6.45, 7) is 1.46. The predicted octanol–water partition coefficient (Wildman–Crippen LogP) is 0.668. The van der Waals surface area contributed by atoms with Crippen LogP contribution < -0.4 is 5.14 Å². The number of hydrogen-bond acceptors (Lipinski definition) is 2. The van der Waals surface area contributed by atoms with E-state index in [1.807, 2.05) is 0 Å². The van der Waals surface area contributed by atoms with Crippen molar-refractivity contribution >= 4 is 10.0 Å². The van der Waals surface area contributed by atoms with Crippen molar-refractivity contribution in [1.82, 2.24) is 0 Å². The average molecular weight is 173 g/mol. The molecule has 0 aromatic heterocycles. The maximum Gasteiger partial charge on any atom is 0.359 e. The van der Waals surface area contributed by atoms with Gasteiger partial charge in [-0.2, -0.15) is 8.78 Å². The molecule has 6 heteroatoms. The summed E-state index contributed by atoms with van der Waals surface area (Å²) in [6.07, 6.45) is -0.630. The van der Waals surface area contributed by atoms with Crippen LogP contribution in [0.3, 0.4) is 0 Å². The van der Waals surface area contributed by atoms with E-state index in [-0.39, 0.29) is 6.42 Å². The van der Waals surface area contributed by atoms with Crippen molar-refractivity contribution in [2.24, 2.45) is 5.14 Å². The van der Waals surface area contributed by atoms with E-state index in [1.54, 1.807) is 0 Å². The number of nitrogens with two attached hydrogens (primary N) is 1. The molecule has 0 aliphatic heterocycles. The first-order valence-corrected chi connectivity index (χ1v) is 4.26. The molecule has 10 heavy (non-hydrogen) atoms. The number of halogens is 2. The molecule has 0 fully saturated rings. The fraction of sp³-hybridized carbons (Fsp3) is 1.00. The first-order chi connectivity index (χ1) is 4.31. The van der Waals surface area contributed by atoms with Gasteiger partial charge in [-0.05, 0) is 6.42 Å². The van der Waals surface area contributed by atoms with Gasteiger partial charge < -0.3 is 0 Å². The van der Waals surface area contributed by atoms with Crippen LogP contribution in [0.15, 0.2) is 0 Å². The standard InChI is InChI=1S/C4H9F2NO2S/c1-2-3-4(5,6)10(7,8)9/h2-3H2,1H3,(H2,7,8,9). The summed E-state index contributed by atoms with van der Waals surface area (Å²) in [4.78, 5) is 0. The molecule has 0 atom stereocenters. The van der Waals surface area contributed by atoms with Gasteiger partial charge in [0.25, 0.3) is 10.0 Å². The van der Waals surface area contributed by atoms with Crippen LogP contribution in [0.25, 0.3) is 0 Å². The molecule has 2 N–H and O–H groups in total. The number of primary sulfonamides is 1. The van der Waals surface area contributed by atoms with Gasteiger partial charge in [0.1, 0.15) is 0 Å². The van der Waals surface area contributed by atoms with Gasteiger partial charge in [-0.1, -0.05) is 6.92 Å². The molecular weight excluding hydrogens is 164 g/mol. The minimum atomic E-state index is -4.70. The first-order valence-electron chi connectivity index (χ1n) is 2.71. The highest BCUT2D eigenvalue weighted by Gasteiger charge is 2.40. The van der Waals surface area contributed by atoms with Gasteiger partial charge in [0.15, 0.2) is 0 Å². The molecule has 0 aliphatic rings. The Bertz CT molecular complexity index is 199. The highest BCUT2D eigenvalue weighted by molar-refractivity contribution is 7.90. The van der Waals surface area contributed by atoms with Gasteiger partial charge in [-0.15, -0.1) is 0 Å². The lowest BCUT2D eigenvalue weighted by Crippen LogP contribution is -2.34. The molecule has 0 radical (unpaired) electrons. The molecule has 0 aromatic rings. The molecule has 0 heterocycles. The summed E-state index contributed by atoms with van der Waals surface area (Å²) < 4.78 is 44.6. The van der Waals surface area contributed by atoms with Crippen molar-refractivity contribution in [3.8, 4) is 0 Å². The minimum absolute atomic E-state index is 0.0867. The van der Waals surface area contributed by atoms with E-state index < -0.39 is 21.7 Å². The lowest BCUT2D eigenvalue weighted by molar-refractivity contribution is 0.0813. The summed E-state index contributed by atoms with van der Waals surface area (Å²) in [5.41, 5.74) is 0. The summed E-state index contributed by atoms with van der Waals surface area (Å²) in [6, 6.07) is 0. The van der Waals surface area contributed by atoms with Gasteiger partial charge in [0.05, 0.1) is 0 Å². The van der Waals surface area contributed by atoms with E-state index in [0.717, 1.165) is 0 Å². The van der Waals surface area contributed by atoms with Crippen LogP contribution >= 0.6 is 0 Å². The summed E-state index contributed by atoms with van der Waals surface area (Å²) in [7, 11) is -4.70. The number of rotatable bonds is 3. The molecule has 3 nitrogen and oxygen atoms in total. The maximum absolute atomic E-state index is 12.2. The molecule has 0 spiro atoms. The Morgan fingerprint density at radius 3 is 2.00 bits per heavy atom. The third-order valence-electron chi connectivity index (χ3n) is 0.957.